The van der Waals surface area contributed by atoms with Gasteiger partial charge in [-0.05, 0) is 30.7 Å². The molecule has 0 saturated carbocycles. The second-order valence-electron chi connectivity index (χ2n) is 7.58. The molecule has 0 radical (unpaired) electrons. The van der Waals surface area contributed by atoms with Crippen molar-refractivity contribution >= 4 is 5.91 Å². The van der Waals surface area contributed by atoms with Crippen molar-refractivity contribution in [3.63, 3.8) is 0 Å². The molecule has 1 fully saturated rings. The van der Waals surface area contributed by atoms with Gasteiger partial charge in [-0.25, -0.2) is 0 Å². The van der Waals surface area contributed by atoms with Gasteiger partial charge in [-0.15, -0.1) is 0 Å². The number of carbonyl (C=O) groups excluding carboxylic acids is 1. The Morgan fingerprint density at radius 3 is 2.86 bits per heavy atom. The van der Waals surface area contributed by atoms with Crippen molar-refractivity contribution in [2.75, 3.05) is 19.6 Å². The van der Waals surface area contributed by atoms with Crippen LogP contribution in [0.3, 0.4) is 0 Å². The molecule has 1 amide bonds. The lowest BCUT2D eigenvalue weighted by molar-refractivity contribution is -0.119. The summed E-state index contributed by atoms with van der Waals surface area (Å²) in [7, 11) is 0. The maximum Gasteiger partial charge on any atom is 0.231 e. The molecule has 1 aromatic heterocycles. The van der Waals surface area contributed by atoms with E-state index in [1.807, 2.05) is 6.26 Å². The van der Waals surface area contributed by atoms with E-state index < -0.39 is 0 Å². The molecular weight excluding hydrogens is 278 g/mol. The highest BCUT2D eigenvalue weighted by Gasteiger charge is 2.35. The molecule has 3 rings (SSSR count). The Labute approximate surface area is 132 Å². The molecule has 5 heteroatoms. The smallest absolute Gasteiger partial charge is 0.231 e. The van der Waals surface area contributed by atoms with Crippen LogP contribution in [0, 0.1) is 5.41 Å². The fraction of sp³-hybridized carbons (Fsp3) is 0.706. The monoisotopic (exact) mass is 305 g/mol. The normalized spacial score (nSPS) is 25.8. The van der Waals surface area contributed by atoms with Gasteiger partial charge in [0.25, 0.3) is 0 Å². The summed E-state index contributed by atoms with van der Waals surface area (Å²) in [6.45, 7) is 6.88. The van der Waals surface area contributed by atoms with Crippen molar-refractivity contribution in [2.24, 2.45) is 11.1 Å². The Morgan fingerprint density at radius 2 is 2.18 bits per heavy atom. The number of furan rings is 1. The van der Waals surface area contributed by atoms with E-state index in [-0.39, 0.29) is 11.3 Å². The number of likely N-dealkylation sites (tertiary alicyclic amines) is 1. The highest BCUT2D eigenvalue weighted by atomic mass is 16.3. The maximum absolute atomic E-state index is 11.0. The first-order valence-corrected chi connectivity index (χ1v) is 8.26. The molecular formula is C17H27N3O2. The maximum atomic E-state index is 11.0. The summed E-state index contributed by atoms with van der Waals surface area (Å²) in [5.74, 6) is 0.906. The lowest BCUT2D eigenvalue weighted by Gasteiger charge is -2.39. The average Bonchev–Trinajstić information content (AvgIpc) is 2.87. The SMILES string of the molecule is CC1(C)Cc2occc2C(NC2CCN(CC(N)=O)CC2)C1. The van der Waals surface area contributed by atoms with Crippen LogP contribution in [-0.4, -0.2) is 36.5 Å². The van der Waals surface area contributed by atoms with Crippen LogP contribution in [-0.2, 0) is 11.2 Å². The molecule has 2 heterocycles. The summed E-state index contributed by atoms with van der Waals surface area (Å²) in [5, 5.41) is 3.83. The van der Waals surface area contributed by atoms with Crippen molar-refractivity contribution < 1.29 is 9.21 Å². The molecule has 1 atom stereocenters. The predicted octanol–water partition coefficient (Wildman–Crippen LogP) is 1.83. The summed E-state index contributed by atoms with van der Waals surface area (Å²) < 4.78 is 5.67. The third kappa shape index (κ3) is 3.52. The van der Waals surface area contributed by atoms with E-state index in [4.69, 9.17) is 10.2 Å². The third-order valence-electron chi connectivity index (χ3n) is 4.96. The van der Waals surface area contributed by atoms with Crippen LogP contribution in [0.4, 0.5) is 0 Å². The second-order valence-corrected chi connectivity index (χ2v) is 7.58. The fourth-order valence-electron chi connectivity index (χ4n) is 3.89. The van der Waals surface area contributed by atoms with E-state index in [9.17, 15) is 4.79 Å². The number of nitrogens with zero attached hydrogens (tertiary/aromatic N) is 1. The van der Waals surface area contributed by atoms with E-state index in [1.165, 1.54) is 5.56 Å². The summed E-state index contributed by atoms with van der Waals surface area (Å²) in [4.78, 5) is 13.1. The molecule has 1 aromatic rings. The van der Waals surface area contributed by atoms with E-state index in [2.05, 4.69) is 30.1 Å². The summed E-state index contributed by atoms with van der Waals surface area (Å²) in [6, 6.07) is 3.00. The molecule has 3 N–H and O–H groups in total. The topological polar surface area (TPSA) is 71.5 Å². The highest BCUT2D eigenvalue weighted by Crippen LogP contribution is 2.41. The molecule has 1 saturated heterocycles. The Hall–Kier alpha value is -1.33. The Kier molecular flexibility index (Phi) is 4.28. The van der Waals surface area contributed by atoms with Crippen molar-refractivity contribution in [3.05, 3.63) is 23.7 Å². The van der Waals surface area contributed by atoms with Gasteiger partial charge in [0.2, 0.25) is 5.91 Å². The zero-order valence-corrected chi connectivity index (χ0v) is 13.6. The minimum Gasteiger partial charge on any atom is -0.469 e. The zero-order valence-electron chi connectivity index (χ0n) is 13.6. The van der Waals surface area contributed by atoms with E-state index >= 15 is 0 Å². The fourth-order valence-corrected chi connectivity index (χ4v) is 3.89. The molecule has 22 heavy (non-hydrogen) atoms. The summed E-state index contributed by atoms with van der Waals surface area (Å²) >= 11 is 0. The Balaban J connectivity index is 1.59. The van der Waals surface area contributed by atoms with Crippen molar-refractivity contribution in [1.82, 2.24) is 10.2 Å². The molecule has 0 spiro atoms. The van der Waals surface area contributed by atoms with Crippen molar-refractivity contribution in [3.8, 4) is 0 Å². The minimum atomic E-state index is -0.233. The summed E-state index contributed by atoms with van der Waals surface area (Å²) in [6.07, 6.45) is 6.11. The number of hydrogen-bond acceptors (Lipinski definition) is 4. The lowest BCUT2D eigenvalue weighted by atomic mass is 9.74. The average molecular weight is 305 g/mol. The van der Waals surface area contributed by atoms with Crippen LogP contribution in [0.5, 0.6) is 0 Å². The highest BCUT2D eigenvalue weighted by molar-refractivity contribution is 5.75. The van der Waals surface area contributed by atoms with E-state index in [0.717, 1.165) is 44.5 Å². The molecule has 122 valence electrons. The molecule has 1 aliphatic heterocycles. The van der Waals surface area contributed by atoms with Crippen molar-refractivity contribution in [1.29, 1.82) is 0 Å². The van der Waals surface area contributed by atoms with Gasteiger partial charge in [0.1, 0.15) is 5.76 Å². The van der Waals surface area contributed by atoms with Crippen LogP contribution in [0.15, 0.2) is 16.7 Å². The number of rotatable bonds is 4. The molecule has 0 bridgehead atoms. The molecule has 1 unspecified atom stereocenters. The first-order chi connectivity index (χ1) is 10.4. The first-order valence-electron chi connectivity index (χ1n) is 8.26. The predicted molar refractivity (Wildman–Crippen MR) is 85.3 cm³/mol. The molecule has 0 aromatic carbocycles. The van der Waals surface area contributed by atoms with Crippen LogP contribution in [0.2, 0.25) is 0 Å². The number of nitrogens with one attached hydrogen (secondary N) is 1. The van der Waals surface area contributed by atoms with Crippen LogP contribution in [0.1, 0.15) is 50.5 Å². The van der Waals surface area contributed by atoms with Gasteiger partial charge in [-0.3, -0.25) is 9.69 Å². The van der Waals surface area contributed by atoms with E-state index in [0.29, 0.717) is 18.6 Å². The minimum absolute atomic E-state index is 0.233. The van der Waals surface area contributed by atoms with Crippen LogP contribution in [0.25, 0.3) is 0 Å². The first kappa shape index (κ1) is 15.6. The quantitative estimate of drug-likeness (QED) is 0.890. The largest absolute Gasteiger partial charge is 0.469 e. The number of amides is 1. The van der Waals surface area contributed by atoms with Gasteiger partial charge in [-0.1, -0.05) is 13.8 Å². The van der Waals surface area contributed by atoms with Gasteiger partial charge in [0.05, 0.1) is 12.8 Å². The zero-order chi connectivity index (χ0) is 15.7. The van der Waals surface area contributed by atoms with Gasteiger partial charge >= 0.3 is 0 Å². The van der Waals surface area contributed by atoms with Crippen LogP contribution >= 0.6 is 0 Å². The number of piperidine rings is 1. The molecule has 2 aliphatic rings. The van der Waals surface area contributed by atoms with Crippen molar-refractivity contribution in [2.45, 2.75) is 51.6 Å². The Bertz CT molecular complexity index is 530. The lowest BCUT2D eigenvalue weighted by Crippen LogP contribution is -2.47. The molecule has 5 nitrogen and oxygen atoms in total. The number of primary amides is 1. The standard InChI is InChI=1S/C17H27N3O2/c1-17(2)9-14(13-5-8-22-15(13)10-17)19-12-3-6-20(7-4-12)11-16(18)21/h5,8,12,14,19H,3-4,6-7,9-11H2,1-2H3,(H2,18,21). The number of hydrogen-bond donors (Lipinski definition) is 2. The van der Waals surface area contributed by atoms with Gasteiger partial charge in [0.15, 0.2) is 0 Å². The van der Waals surface area contributed by atoms with Gasteiger partial charge < -0.3 is 15.5 Å². The number of fused-ring (bicyclic) bond motifs is 1. The summed E-state index contributed by atoms with van der Waals surface area (Å²) in [5.41, 5.74) is 6.88. The number of carbonyl (C=O) groups is 1. The Morgan fingerprint density at radius 1 is 1.45 bits per heavy atom. The number of nitrogens with two attached hydrogens (primary N) is 1. The molecule has 1 aliphatic carbocycles. The third-order valence-corrected chi connectivity index (χ3v) is 4.96. The second kappa shape index (κ2) is 6.05. The van der Waals surface area contributed by atoms with E-state index in [1.54, 1.807) is 0 Å². The van der Waals surface area contributed by atoms with Crippen LogP contribution < -0.4 is 11.1 Å². The van der Waals surface area contributed by atoms with Gasteiger partial charge in [0, 0.05) is 37.2 Å². The van der Waals surface area contributed by atoms with Gasteiger partial charge in [-0.2, -0.15) is 0 Å².